The fraction of sp³-hybridized carbons (Fsp3) is 1.00. The van der Waals surface area contributed by atoms with Crippen LogP contribution in [-0.4, -0.2) is 60.2 Å². The van der Waals surface area contributed by atoms with Crippen LogP contribution in [0.15, 0.2) is 0 Å². The molecule has 0 aromatic carbocycles. The topological polar surface area (TPSA) is 167 Å². The minimum atomic E-state index is -5.37. The number of phosphoric acid groups is 2. The second-order valence-electron chi connectivity index (χ2n) is 5.72. The lowest BCUT2D eigenvalue weighted by molar-refractivity contribution is -0.159. The van der Waals surface area contributed by atoms with Crippen LogP contribution in [0.5, 0.6) is 0 Å². The summed E-state index contributed by atoms with van der Waals surface area (Å²) >= 11 is 3.50. The molecule has 2 aliphatic rings. The molecule has 26 heavy (non-hydrogen) atoms. The molecule has 6 unspecified atom stereocenters. The van der Waals surface area contributed by atoms with E-state index in [4.69, 9.17) is 28.5 Å². The Kier molecular flexibility index (Phi) is 8.01. The van der Waals surface area contributed by atoms with Crippen molar-refractivity contribution in [2.24, 2.45) is 0 Å². The molecule has 2 fully saturated rings. The molecule has 0 aliphatic carbocycles. The van der Waals surface area contributed by atoms with Gasteiger partial charge in [-0.2, -0.15) is 8.62 Å². The third-order valence-electron chi connectivity index (χ3n) is 3.42. The van der Waals surface area contributed by atoms with Gasteiger partial charge in [0.1, 0.15) is 14.0 Å². The highest BCUT2D eigenvalue weighted by atomic mass is 32.7. The summed E-state index contributed by atoms with van der Waals surface area (Å²) in [6.45, 7) is -4.25. The van der Waals surface area contributed by atoms with Gasteiger partial charge in [-0.05, 0) is 12.8 Å². The molecule has 0 aromatic rings. The molecule has 0 saturated carbocycles. The van der Waals surface area contributed by atoms with Gasteiger partial charge in [-0.25, -0.2) is 13.7 Å². The zero-order valence-electron chi connectivity index (χ0n) is 13.6. The Morgan fingerprint density at radius 2 is 1.88 bits per heavy atom. The molecule has 3 N–H and O–H groups in total. The van der Waals surface area contributed by atoms with Crippen LogP contribution in [0.2, 0.25) is 0 Å². The van der Waals surface area contributed by atoms with Crippen molar-refractivity contribution in [1.29, 1.82) is 0 Å². The molecule has 2 saturated heterocycles. The van der Waals surface area contributed by atoms with E-state index in [1.54, 1.807) is 7.85 Å². The highest BCUT2D eigenvalue weighted by molar-refractivity contribution is 8.45. The predicted octanol–water partition coefficient (Wildman–Crippen LogP) is 0.537. The van der Waals surface area contributed by atoms with Gasteiger partial charge in [-0.15, -0.1) is 0 Å². The number of thiol groups is 1. The SMILES string of the molecule is BC1CC(OC2CCCO2)C(COP(=O)(S)OP(=O)(O)OP(=O)(O)O)O1. The minimum Gasteiger partial charge on any atom is -0.379 e. The van der Waals surface area contributed by atoms with Crippen molar-refractivity contribution >= 4 is 42.5 Å². The van der Waals surface area contributed by atoms with Crippen molar-refractivity contribution < 1.29 is 55.7 Å². The normalized spacial score (nSPS) is 34.5. The van der Waals surface area contributed by atoms with Gasteiger partial charge in [-0.1, -0.05) is 12.2 Å². The second kappa shape index (κ2) is 9.05. The lowest BCUT2D eigenvalue weighted by Crippen LogP contribution is -2.32. The standard InChI is InChI=1S/C9H20BO12P3S/c10-8-4-6(20-9-2-1-3-17-9)7(19-8)5-18-25(16,26)22-24(14,15)21-23(11,12)13/h6-9H,1-5,10H2,(H,14,15)(H,16,26)(H2,11,12,13). The van der Waals surface area contributed by atoms with E-state index >= 15 is 0 Å². The van der Waals surface area contributed by atoms with Crippen LogP contribution < -0.4 is 0 Å². The smallest absolute Gasteiger partial charge is 0.379 e. The largest absolute Gasteiger partial charge is 0.488 e. The molecule has 2 heterocycles. The van der Waals surface area contributed by atoms with Crippen LogP contribution in [0, 0.1) is 0 Å². The monoisotopic (exact) mass is 456 g/mol. The van der Waals surface area contributed by atoms with E-state index in [1.165, 1.54) is 0 Å². The highest BCUT2D eigenvalue weighted by Gasteiger charge is 2.42. The van der Waals surface area contributed by atoms with Crippen molar-refractivity contribution in [3.8, 4) is 0 Å². The first-order chi connectivity index (χ1) is 11.9. The third-order valence-corrected chi connectivity index (χ3v) is 8.22. The molecule has 152 valence electrons. The summed E-state index contributed by atoms with van der Waals surface area (Å²) in [5.41, 5.74) is 0. The Morgan fingerprint density at radius 1 is 1.19 bits per heavy atom. The summed E-state index contributed by atoms with van der Waals surface area (Å²) in [5, 5.41) is 0. The molecule has 0 spiro atoms. The molecule has 2 rings (SSSR count). The highest BCUT2D eigenvalue weighted by Crippen LogP contribution is 2.69. The first-order valence-electron chi connectivity index (χ1n) is 7.56. The molecule has 0 radical (unpaired) electrons. The summed E-state index contributed by atoms with van der Waals surface area (Å²) in [7, 11) is -8.92. The Bertz CT molecular complexity index is 623. The average molecular weight is 456 g/mol. The molecule has 12 nitrogen and oxygen atoms in total. The van der Waals surface area contributed by atoms with Crippen molar-refractivity contribution in [2.45, 2.75) is 43.8 Å². The Hall–Kier alpha value is 0.745. The van der Waals surface area contributed by atoms with Gasteiger partial charge >= 0.3 is 22.4 Å². The maximum atomic E-state index is 12.0. The maximum Gasteiger partial charge on any atom is 0.488 e. The van der Waals surface area contributed by atoms with Gasteiger partial charge in [0.15, 0.2) is 6.29 Å². The van der Waals surface area contributed by atoms with Crippen molar-refractivity contribution in [3.05, 3.63) is 0 Å². The maximum absolute atomic E-state index is 12.0. The molecule has 0 aromatic heterocycles. The fourth-order valence-corrected chi connectivity index (χ4v) is 6.59. The quantitative estimate of drug-likeness (QED) is 0.216. The average Bonchev–Trinajstić information content (AvgIpc) is 3.02. The van der Waals surface area contributed by atoms with Crippen LogP contribution in [0.25, 0.3) is 0 Å². The van der Waals surface area contributed by atoms with E-state index in [0.717, 1.165) is 12.8 Å². The van der Waals surface area contributed by atoms with Gasteiger partial charge in [-0.3, -0.25) is 4.52 Å². The van der Waals surface area contributed by atoms with E-state index in [2.05, 4.69) is 20.9 Å². The van der Waals surface area contributed by atoms with E-state index in [9.17, 15) is 18.6 Å². The predicted molar refractivity (Wildman–Crippen MR) is 92.3 cm³/mol. The first kappa shape index (κ1) is 23.0. The minimum absolute atomic E-state index is 0.169. The van der Waals surface area contributed by atoms with E-state index < -0.39 is 34.7 Å². The van der Waals surface area contributed by atoms with Gasteiger partial charge in [0.2, 0.25) is 0 Å². The number of ether oxygens (including phenoxy) is 3. The molecule has 2 aliphatic heterocycles. The van der Waals surface area contributed by atoms with Crippen LogP contribution >= 0.6 is 34.7 Å². The molecule has 0 bridgehead atoms. The first-order valence-corrected chi connectivity index (χ1v) is 13.3. The van der Waals surface area contributed by atoms with Crippen LogP contribution in [-0.2, 0) is 41.1 Å². The van der Waals surface area contributed by atoms with E-state index in [1.807, 2.05) is 0 Å². The third kappa shape index (κ3) is 8.01. The Labute approximate surface area is 155 Å². The van der Waals surface area contributed by atoms with Gasteiger partial charge in [0.25, 0.3) is 0 Å². The fourth-order valence-electron chi connectivity index (χ4n) is 2.53. The lowest BCUT2D eigenvalue weighted by atomic mass is 9.96. The Balaban J connectivity index is 1.89. The van der Waals surface area contributed by atoms with Crippen molar-refractivity contribution in [1.82, 2.24) is 0 Å². The van der Waals surface area contributed by atoms with Gasteiger partial charge in [0.05, 0.1) is 12.7 Å². The summed E-state index contributed by atoms with van der Waals surface area (Å²) in [5.74, 6) is 0. The Morgan fingerprint density at radius 3 is 2.46 bits per heavy atom. The zero-order chi connectivity index (χ0) is 19.6. The number of rotatable bonds is 9. The molecule has 6 atom stereocenters. The molecule has 0 amide bonds. The molecular weight excluding hydrogens is 436 g/mol. The van der Waals surface area contributed by atoms with E-state index in [-0.39, 0.29) is 18.9 Å². The number of hydrogen-bond acceptors (Lipinski definition) is 9. The van der Waals surface area contributed by atoms with Gasteiger partial charge < -0.3 is 28.9 Å². The van der Waals surface area contributed by atoms with Gasteiger partial charge in [0, 0.05) is 19.0 Å². The summed E-state index contributed by atoms with van der Waals surface area (Å²) in [4.78, 5) is 26.3. The molecule has 17 heteroatoms. The van der Waals surface area contributed by atoms with Crippen LogP contribution in [0.4, 0.5) is 0 Å². The van der Waals surface area contributed by atoms with Crippen molar-refractivity contribution in [2.75, 3.05) is 13.2 Å². The van der Waals surface area contributed by atoms with Crippen LogP contribution in [0.3, 0.4) is 0 Å². The second-order valence-corrected chi connectivity index (χ2v) is 11.6. The summed E-state index contributed by atoms with van der Waals surface area (Å²) < 4.78 is 63.4. The lowest BCUT2D eigenvalue weighted by Gasteiger charge is -2.23. The zero-order valence-corrected chi connectivity index (χ0v) is 17.2. The summed E-state index contributed by atoms with van der Waals surface area (Å²) in [6.07, 6.45) is 0.684. The summed E-state index contributed by atoms with van der Waals surface area (Å²) in [6, 6.07) is -0.169. The van der Waals surface area contributed by atoms with Crippen molar-refractivity contribution in [3.63, 3.8) is 0 Å². The van der Waals surface area contributed by atoms with Crippen LogP contribution in [0.1, 0.15) is 19.3 Å². The van der Waals surface area contributed by atoms with E-state index in [0.29, 0.717) is 13.0 Å². The molecular formula is C9H20BO12P3S. The number of hydrogen-bond donors (Lipinski definition) is 4.